The second-order valence-corrected chi connectivity index (χ2v) is 7.59. The van der Waals surface area contributed by atoms with E-state index in [9.17, 15) is 8.42 Å². The van der Waals surface area contributed by atoms with Gasteiger partial charge >= 0.3 is 0 Å². The molecule has 19 heavy (non-hydrogen) atoms. The number of nitrogen functional groups attached to an aromatic ring is 1. The molecule has 0 radical (unpaired) electrons. The molecule has 5 nitrogen and oxygen atoms in total. The summed E-state index contributed by atoms with van der Waals surface area (Å²) in [6.07, 6.45) is 0.774. The fraction of sp³-hybridized carbons (Fsp3) is 0.500. The van der Waals surface area contributed by atoms with Gasteiger partial charge in [-0.25, -0.2) is 12.7 Å². The van der Waals surface area contributed by atoms with Crippen LogP contribution >= 0.6 is 15.9 Å². The van der Waals surface area contributed by atoms with Gasteiger partial charge in [0, 0.05) is 18.1 Å². The van der Waals surface area contributed by atoms with E-state index in [0.717, 1.165) is 13.0 Å². The van der Waals surface area contributed by atoms with Crippen molar-refractivity contribution >= 4 is 31.6 Å². The minimum Gasteiger partial charge on any atom is -0.398 e. The van der Waals surface area contributed by atoms with Crippen LogP contribution in [0.15, 0.2) is 27.6 Å². The average molecular weight is 350 g/mol. The van der Waals surface area contributed by atoms with Crippen molar-refractivity contribution in [3.8, 4) is 0 Å². The van der Waals surface area contributed by atoms with Crippen LogP contribution in [0.5, 0.6) is 0 Å². The third kappa shape index (κ3) is 4.45. The van der Waals surface area contributed by atoms with Crippen molar-refractivity contribution in [1.29, 1.82) is 0 Å². The van der Waals surface area contributed by atoms with Gasteiger partial charge in [0.1, 0.15) is 4.90 Å². The molecule has 0 heterocycles. The Labute approximate surface area is 123 Å². The summed E-state index contributed by atoms with van der Waals surface area (Å²) in [7, 11) is 1.96. The maximum atomic E-state index is 12.4. The number of benzene rings is 1. The van der Waals surface area contributed by atoms with E-state index in [-0.39, 0.29) is 10.6 Å². The standard InChI is InChI=1S/C12H20BrN3O2S/c1-15(2)7-4-8-16(3)19(17,18)12-9-10(13)5-6-11(12)14/h5-6,9H,4,7-8,14H2,1-3H3. The van der Waals surface area contributed by atoms with Gasteiger partial charge in [-0.2, -0.15) is 0 Å². The molecule has 0 aromatic heterocycles. The predicted molar refractivity (Wildman–Crippen MR) is 81.5 cm³/mol. The summed E-state index contributed by atoms with van der Waals surface area (Å²) in [4.78, 5) is 2.17. The molecule has 1 rings (SSSR count). The van der Waals surface area contributed by atoms with Gasteiger partial charge in [0.2, 0.25) is 10.0 Å². The van der Waals surface area contributed by atoms with Crippen LogP contribution in [-0.2, 0) is 10.0 Å². The highest BCUT2D eigenvalue weighted by Gasteiger charge is 2.23. The van der Waals surface area contributed by atoms with Gasteiger partial charge in [0.15, 0.2) is 0 Å². The molecule has 0 bridgehead atoms. The highest BCUT2D eigenvalue weighted by atomic mass is 79.9. The zero-order chi connectivity index (χ0) is 14.6. The van der Waals surface area contributed by atoms with Crippen LogP contribution in [0.2, 0.25) is 0 Å². The minimum absolute atomic E-state index is 0.147. The number of nitrogens with two attached hydrogens (primary N) is 1. The maximum Gasteiger partial charge on any atom is 0.244 e. The molecule has 0 amide bonds. The first-order valence-electron chi connectivity index (χ1n) is 5.91. The molecule has 1 aromatic rings. The molecule has 1 aromatic carbocycles. The fourth-order valence-corrected chi connectivity index (χ4v) is 3.49. The molecule has 0 aliphatic heterocycles. The predicted octanol–water partition coefficient (Wildman–Crippen LogP) is 1.60. The third-order valence-corrected chi connectivity index (χ3v) is 5.15. The van der Waals surface area contributed by atoms with E-state index < -0.39 is 10.0 Å². The first kappa shape index (κ1) is 16.4. The molecular weight excluding hydrogens is 330 g/mol. The number of anilines is 1. The highest BCUT2D eigenvalue weighted by Crippen LogP contribution is 2.25. The summed E-state index contributed by atoms with van der Waals surface area (Å²) in [5, 5.41) is 0. The summed E-state index contributed by atoms with van der Waals surface area (Å²) in [6.45, 7) is 1.31. The Hall–Kier alpha value is -0.630. The van der Waals surface area contributed by atoms with Crippen molar-refractivity contribution in [3.63, 3.8) is 0 Å². The van der Waals surface area contributed by atoms with Crippen molar-refractivity contribution < 1.29 is 8.42 Å². The lowest BCUT2D eigenvalue weighted by Crippen LogP contribution is -2.30. The Morgan fingerprint density at radius 2 is 1.84 bits per heavy atom. The van der Waals surface area contributed by atoms with E-state index >= 15 is 0 Å². The van der Waals surface area contributed by atoms with Crippen LogP contribution < -0.4 is 5.73 Å². The zero-order valence-corrected chi connectivity index (χ0v) is 13.8. The summed E-state index contributed by atoms with van der Waals surface area (Å²) in [6, 6.07) is 4.85. The smallest absolute Gasteiger partial charge is 0.244 e. The second kappa shape index (κ2) is 6.69. The van der Waals surface area contributed by atoms with Crippen molar-refractivity contribution in [3.05, 3.63) is 22.7 Å². The molecule has 0 spiro atoms. The lowest BCUT2D eigenvalue weighted by atomic mass is 10.3. The average Bonchev–Trinajstić information content (AvgIpc) is 2.31. The summed E-state index contributed by atoms with van der Waals surface area (Å²) < 4.78 is 26.8. The van der Waals surface area contributed by atoms with E-state index in [0.29, 0.717) is 11.0 Å². The topological polar surface area (TPSA) is 66.6 Å². The Kier molecular flexibility index (Phi) is 5.79. The minimum atomic E-state index is -3.53. The largest absolute Gasteiger partial charge is 0.398 e. The molecule has 108 valence electrons. The van der Waals surface area contributed by atoms with Crippen molar-refractivity contribution in [2.45, 2.75) is 11.3 Å². The van der Waals surface area contributed by atoms with Crippen LogP contribution in [0.25, 0.3) is 0 Å². The number of hydrogen-bond donors (Lipinski definition) is 1. The van der Waals surface area contributed by atoms with Crippen LogP contribution in [0, 0.1) is 0 Å². The molecule has 0 aliphatic rings. The van der Waals surface area contributed by atoms with Gasteiger partial charge in [0.25, 0.3) is 0 Å². The summed E-state index contributed by atoms with van der Waals surface area (Å²) in [5.41, 5.74) is 6.02. The van der Waals surface area contributed by atoms with Gasteiger partial charge in [-0.15, -0.1) is 0 Å². The Balaban J connectivity index is 2.88. The maximum absolute atomic E-state index is 12.4. The van der Waals surface area contributed by atoms with Crippen molar-refractivity contribution in [1.82, 2.24) is 9.21 Å². The van der Waals surface area contributed by atoms with E-state index in [1.54, 1.807) is 19.2 Å². The molecule has 0 fully saturated rings. The van der Waals surface area contributed by atoms with E-state index in [2.05, 4.69) is 15.9 Å². The van der Waals surface area contributed by atoms with Crippen LogP contribution in [0.1, 0.15) is 6.42 Å². The van der Waals surface area contributed by atoms with Gasteiger partial charge in [-0.05, 0) is 45.3 Å². The Morgan fingerprint density at radius 1 is 1.21 bits per heavy atom. The zero-order valence-electron chi connectivity index (χ0n) is 11.4. The lowest BCUT2D eigenvalue weighted by Gasteiger charge is -2.19. The molecule has 0 saturated heterocycles. The normalized spacial score (nSPS) is 12.3. The number of sulfonamides is 1. The Bertz CT molecular complexity index is 532. The molecule has 7 heteroatoms. The first-order valence-corrected chi connectivity index (χ1v) is 8.14. The third-order valence-electron chi connectivity index (χ3n) is 2.74. The SMILES string of the molecule is CN(C)CCCN(C)S(=O)(=O)c1cc(Br)ccc1N. The number of hydrogen-bond acceptors (Lipinski definition) is 4. The molecule has 2 N–H and O–H groups in total. The molecule has 0 unspecified atom stereocenters. The molecule has 0 atom stereocenters. The molecular formula is C12H20BrN3O2S. The number of rotatable bonds is 6. The van der Waals surface area contributed by atoms with E-state index in [4.69, 9.17) is 5.73 Å². The van der Waals surface area contributed by atoms with E-state index in [1.807, 2.05) is 19.0 Å². The highest BCUT2D eigenvalue weighted by molar-refractivity contribution is 9.10. The van der Waals surface area contributed by atoms with Gasteiger partial charge in [-0.3, -0.25) is 0 Å². The summed E-state index contributed by atoms with van der Waals surface area (Å²) >= 11 is 3.26. The van der Waals surface area contributed by atoms with Crippen LogP contribution in [0.4, 0.5) is 5.69 Å². The van der Waals surface area contributed by atoms with Crippen molar-refractivity contribution in [2.24, 2.45) is 0 Å². The van der Waals surface area contributed by atoms with Crippen molar-refractivity contribution in [2.75, 3.05) is 40.0 Å². The van der Waals surface area contributed by atoms with Gasteiger partial charge < -0.3 is 10.6 Å². The summed E-state index contributed by atoms with van der Waals surface area (Å²) in [5.74, 6) is 0. The van der Waals surface area contributed by atoms with E-state index in [1.165, 1.54) is 10.4 Å². The quantitative estimate of drug-likeness (QED) is 0.792. The Morgan fingerprint density at radius 3 is 2.42 bits per heavy atom. The molecule has 0 aliphatic carbocycles. The van der Waals surface area contributed by atoms with Gasteiger partial charge in [-0.1, -0.05) is 15.9 Å². The van der Waals surface area contributed by atoms with Crippen LogP contribution in [0.3, 0.4) is 0 Å². The number of halogens is 1. The fourth-order valence-electron chi connectivity index (χ4n) is 1.63. The van der Waals surface area contributed by atoms with Crippen LogP contribution in [-0.4, -0.2) is 51.9 Å². The second-order valence-electron chi connectivity index (χ2n) is 4.67. The first-order chi connectivity index (χ1) is 8.75. The monoisotopic (exact) mass is 349 g/mol. The lowest BCUT2D eigenvalue weighted by molar-refractivity contribution is 0.370. The van der Waals surface area contributed by atoms with Gasteiger partial charge in [0.05, 0.1) is 5.69 Å². The number of nitrogens with zero attached hydrogens (tertiary/aromatic N) is 2. The molecule has 0 saturated carbocycles.